The first-order valence-electron chi connectivity index (χ1n) is 6.13. The first kappa shape index (κ1) is 11.2. The number of hydrogen-bond acceptors (Lipinski definition) is 2. The Bertz CT molecular complexity index is 394. The van der Waals surface area contributed by atoms with Crippen LogP contribution >= 0.6 is 0 Å². The summed E-state index contributed by atoms with van der Waals surface area (Å²) in [6.45, 7) is 5.25. The minimum Gasteiger partial charge on any atom is -0.344 e. The Morgan fingerprint density at radius 3 is 2.81 bits per heavy atom. The molecule has 0 unspecified atom stereocenters. The molecule has 2 nitrogen and oxygen atoms in total. The highest BCUT2D eigenvalue weighted by molar-refractivity contribution is 5.96. The number of nitrogens with one attached hydrogen (secondary N) is 1. The van der Waals surface area contributed by atoms with Crippen molar-refractivity contribution in [1.82, 2.24) is 0 Å². The molecule has 0 saturated heterocycles. The van der Waals surface area contributed by atoms with Crippen molar-refractivity contribution in [2.24, 2.45) is 4.99 Å². The van der Waals surface area contributed by atoms with E-state index in [4.69, 9.17) is 0 Å². The van der Waals surface area contributed by atoms with Crippen LogP contribution in [0.4, 0.5) is 5.69 Å². The molecule has 1 aliphatic heterocycles. The van der Waals surface area contributed by atoms with Gasteiger partial charge in [0.25, 0.3) is 0 Å². The summed E-state index contributed by atoms with van der Waals surface area (Å²) in [5.41, 5.74) is 3.81. The third-order valence-corrected chi connectivity index (χ3v) is 3.04. The molecule has 0 aliphatic carbocycles. The second kappa shape index (κ2) is 5.15. The van der Waals surface area contributed by atoms with Crippen molar-refractivity contribution in [3.63, 3.8) is 0 Å². The van der Waals surface area contributed by atoms with Gasteiger partial charge in [0.05, 0.1) is 0 Å². The number of rotatable bonds is 1. The fourth-order valence-electron chi connectivity index (χ4n) is 2.09. The lowest BCUT2D eigenvalue weighted by atomic mass is 10.1. The van der Waals surface area contributed by atoms with Crippen LogP contribution in [-0.2, 0) is 0 Å². The van der Waals surface area contributed by atoms with Crippen LogP contribution in [-0.4, -0.2) is 12.4 Å². The van der Waals surface area contributed by atoms with E-state index in [0.29, 0.717) is 0 Å². The molecule has 86 valence electrons. The predicted octanol–water partition coefficient (Wildman–Crippen LogP) is 3.69. The highest BCUT2D eigenvalue weighted by Gasteiger charge is 2.05. The topological polar surface area (TPSA) is 24.4 Å². The molecule has 16 heavy (non-hydrogen) atoms. The lowest BCUT2D eigenvalue weighted by Crippen LogP contribution is -2.12. The summed E-state index contributed by atoms with van der Waals surface area (Å²) in [4.78, 5) is 4.59. The molecule has 0 amide bonds. The van der Waals surface area contributed by atoms with Gasteiger partial charge in [0.1, 0.15) is 5.84 Å². The largest absolute Gasteiger partial charge is 0.344 e. The van der Waals surface area contributed by atoms with Gasteiger partial charge in [0.2, 0.25) is 0 Å². The van der Waals surface area contributed by atoms with Crippen LogP contribution in [0.2, 0.25) is 0 Å². The maximum Gasteiger partial charge on any atom is 0.101 e. The van der Waals surface area contributed by atoms with Gasteiger partial charge in [-0.15, -0.1) is 0 Å². The van der Waals surface area contributed by atoms with Crippen molar-refractivity contribution < 1.29 is 0 Å². The first-order valence-corrected chi connectivity index (χ1v) is 6.13. The predicted molar refractivity (Wildman–Crippen MR) is 70.3 cm³/mol. The van der Waals surface area contributed by atoms with Crippen LogP contribution in [0.15, 0.2) is 23.2 Å². The zero-order valence-electron chi connectivity index (χ0n) is 10.2. The van der Waals surface area contributed by atoms with E-state index in [1.807, 2.05) is 0 Å². The zero-order valence-corrected chi connectivity index (χ0v) is 10.2. The van der Waals surface area contributed by atoms with Crippen molar-refractivity contribution in [2.75, 3.05) is 11.9 Å². The first-order chi connectivity index (χ1) is 7.75. The van der Waals surface area contributed by atoms with E-state index in [1.54, 1.807) is 0 Å². The van der Waals surface area contributed by atoms with Gasteiger partial charge < -0.3 is 5.32 Å². The molecule has 0 radical (unpaired) electrons. The number of anilines is 1. The van der Waals surface area contributed by atoms with Gasteiger partial charge in [-0.25, -0.2) is 0 Å². The second-order valence-corrected chi connectivity index (χ2v) is 4.58. The average Bonchev–Trinajstić information content (AvgIpc) is 2.51. The van der Waals surface area contributed by atoms with Crippen LogP contribution in [0, 0.1) is 13.8 Å². The molecule has 0 saturated carbocycles. The summed E-state index contributed by atoms with van der Waals surface area (Å²) in [5, 5.41) is 3.47. The molecule has 1 N–H and O–H groups in total. The molecule has 1 aliphatic rings. The van der Waals surface area contributed by atoms with E-state index < -0.39 is 0 Å². The molecule has 0 bridgehead atoms. The van der Waals surface area contributed by atoms with Crippen LogP contribution in [0.25, 0.3) is 0 Å². The minimum absolute atomic E-state index is 0.979. The molecule has 0 spiro atoms. The molecule has 0 atom stereocenters. The minimum atomic E-state index is 0.979. The van der Waals surface area contributed by atoms with Crippen molar-refractivity contribution in [3.8, 4) is 0 Å². The summed E-state index contributed by atoms with van der Waals surface area (Å²) >= 11 is 0. The van der Waals surface area contributed by atoms with E-state index in [2.05, 4.69) is 42.4 Å². The fraction of sp³-hybridized carbons (Fsp3) is 0.500. The van der Waals surface area contributed by atoms with Gasteiger partial charge in [-0.1, -0.05) is 24.1 Å². The maximum absolute atomic E-state index is 4.59. The van der Waals surface area contributed by atoms with Gasteiger partial charge in [0.15, 0.2) is 0 Å². The maximum atomic E-state index is 4.59. The number of hydrogen-bond donors (Lipinski definition) is 1. The van der Waals surface area contributed by atoms with Gasteiger partial charge in [-0.2, -0.15) is 0 Å². The van der Waals surface area contributed by atoms with Crippen molar-refractivity contribution >= 4 is 11.5 Å². The number of benzene rings is 1. The van der Waals surface area contributed by atoms with E-state index >= 15 is 0 Å². The molecular formula is C14H20N2. The van der Waals surface area contributed by atoms with E-state index in [0.717, 1.165) is 18.8 Å². The molecule has 0 fully saturated rings. The molecule has 1 heterocycles. The van der Waals surface area contributed by atoms with Crippen molar-refractivity contribution in [1.29, 1.82) is 0 Å². The summed E-state index contributed by atoms with van der Waals surface area (Å²) in [6, 6.07) is 6.50. The fourth-order valence-corrected chi connectivity index (χ4v) is 2.09. The van der Waals surface area contributed by atoms with Gasteiger partial charge in [-0.05, 0) is 38.3 Å². The summed E-state index contributed by atoms with van der Waals surface area (Å²) in [6.07, 6.45) is 4.89. The van der Waals surface area contributed by atoms with Gasteiger partial charge >= 0.3 is 0 Å². The van der Waals surface area contributed by atoms with Crippen LogP contribution in [0.1, 0.15) is 36.8 Å². The second-order valence-electron chi connectivity index (χ2n) is 4.58. The summed E-state index contributed by atoms with van der Waals surface area (Å²) in [5.74, 6) is 1.16. The van der Waals surface area contributed by atoms with Crippen molar-refractivity contribution in [3.05, 3.63) is 29.3 Å². The van der Waals surface area contributed by atoms with E-state index in [-0.39, 0.29) is 0 Å². The Kier molecular flexibility index (Phi) is 3.60. The zero-order chi connectivity index (χ0) is 11.4. The quantitative estimate of drug-likeness (QED) is 0.760. The molecule has 1 aromatic carbocycles. The lowest BCUT2D eigenvalue weighted by Gasteiger charge is -2.11. The highest BCUT2D eigenvalue weighted by atomic mass is 15.0. The standard InChI is InChI=1S/C14H20N2/c1-11-7-8-13(12(2)10-11)16-14-6-4-3-5-9-15-14/h7-8,10H,3-6,9H2,1-2H3,(H,15,16). The Morgan fingerprint density at radius 1 is 1.12 bits per heavy atom. The van der Waals surface area contributed by atoms with Gasteiger partial charge in [0, 0.05) is 18.7 Å². The third-order valence-electron chi connectivity index (χ3n) is 3.04. The highest BCUT2D eigenvalue weighted by Crippen LogP contribution is 2.18. The van der Waals surface area contributed by atoms with Crippen LogP contribution < -0.4 is 5.32 Å². The Morgan fingerprint density at radius 2 is 2.00 bits per heavy atom. The smallest absolute Gasteiger partial charge is 0.101 e. The van der Waals surface area contributed by atoms with Crippen molar-refractivity contribution in [2.45, 2.75) is 39.5 Å². The number of aliphatic imine (C=N–C) groups is 1. The molecule has 1 aromatic rings. The SMILES string of the molecule is Cc1ccc(NC2=NCCCCC2)c(C)c1. The molecule has 2 heteroatoms. The number of nitrogens with zero attached hydrogens (tertiary/aromatic N) is 1. The Labute approximate surface area is 97.8 Å². The Hall–Kier alpha value is -1.31. The molecule has 2 rings (SSSR count). The third kappa shape index (κ3) is 2.84. The summed E-state index contributed by atoms with van der Waals surface area (Å²) < 4.78 is 0. The average molecular weight is 216 g/mol. The monoisotopic (exact) mass is 216 g/mol. The summed E-state index contributed by atoms with van der Waals surface area (Å²) in [7, 11) is 0. The number of aryl methyl sites for hydroxylation is 2. The molecule has 0 aromatic heterocycles. The van der Waals surface area contributed by atoms with Crippen LogP contribution in [0.5, 0.6) is 0 Å². The molecular weight excluding hydrogens is 196 g/mol. The number of amidine groups is 1. The van der Waals surface area contributed by atoms with E-state index in [1.165, 1.54) is 36.1 Å². The Balaban J connectivity index is 2.10. The van der Waals surface area contributed by atoms with Gasteiger partial charge in [-0.3, -0.25) is 4.99 Å². The normalized spacial score (nSPS) is 16.5. The van der Waals surface area contributed by atoms with Crippen LogP contribution in [0.3, 0.4) is 0 Å². The lowest BCUT2D eigenvalue weighted by molar-refractivity contribution is 0.731. The van der Waals surface area contributed by atoms with E-state index in [9.17, 15) is 0 Å².